The van der Waals surface area contributed by atoms with Crippen molar-refractivity contribution in [3.63, 3.8) is 0 Å². The number of rotatable bonds is 7. The Labute approximate surface area is 119 Å². The highest BCUT2D eigenvalue weighted by Crippen LogP contribution is 2.10. The SMILES string of the molecule is CN(C)Cc1ccccc1CNC(=O)CNC(=O)CN. The van der Waals surface area contributed by atoms with Gasteiger partial charge in [0.25, 0.3) is 0 Å². The molecule has 4 N–H and O–H groups in total. The molecule has 0 saturated carbocycles. The van der Waals surface area contributed by atoms with Gasteiger partial charge in [-0.1, -0.05) is 24.3 Å². The van der Waals surface area contributed by atoms with Crippen molar-refractivity contribution >= 4 is 11.8 Å². The van der Waals surface area contributed by atoms with Crippen molar-refractivity contribution in [3.8, 4) is 0 Å². The molecule has 6 nitrogen and oxygen atoms in total. The number of amides is 2. The van der Waals surface area contributed by atoms with Gasteiger partial charge < -0.3 is 21.3 Å². The van der Waals surface area contributed by atoms with E-state index in [9.17, 15) is 9.59 Å². The molecule has 0 unspecified atom stereocenters. The van der Waals surface area contributed by atoms with Crippen LogP contribution in [0.15, 0.2) is 24.3 Å². The molecule has 0 aliphatic heterocycles. The lowest BCUT2D eigenvalue weighted by molar-refractivity contribution is -0.125. The molecule has 0 spiro atoms. The average Bonchev–Trinajstić information content (AvgIpc) is 2.43. The second kappa shape index (κ2) is 8.29. The van der Waals surface area contributed by atoms with Crippen LogP contribution in [0.25, 0.3) is 0 Å². The summed E-state index contributed by atoms with van der Waals surface area (Å²) in [5.74, 6) is -0.570. The van der Waals surface area contributed by atoms with E-state index in [4.69, 9.17) is 5.73 Å². The molecule has 20 heavy (non-hydrogen) atoms. The first-order valence-corrected chi connectivity index (χ1v) is 6.48. The van der Waals surface area contributed by atoms with Crippen molar-refractivity contribution in [2.45, 2.75) is 13.1 Å². The molecule has 0 aromatic heterocycles. The zero-order chi connectivity index (χ0) is 15.0. The Balaban J connectivity index is 2.48. The Morgan fingerprint density at radius 1 is 1.10 bits per heavy atom. The lowest BCUT2D eigenvalue weighted by Gasteiger charge is -2.14. The Morgan fingerprint density at radius 2 is 1.75 bits per heavy atom. The third-order valence-electron chi connectivity index (χ3n) is 2.71. The molecule has 1 aromatic carbocycles. The topological polar surface area (TPSA) is 87.5 Å². The minimum atomic E-state index is -0.340. The van der Waals surface area contributed by atoms with Crippen molar-refractivity contribution in [2.75, 3.05) is 27.2 Å². The fourth-order valence-electron chi connectivity index (χ4n) is 1.73. The predicted molar refractivity (Wildman–Crippen MR) is 77.7 cm³/mol. The Hall–Kier alpha value is -1.92. The molecule has 0 aliphatic carbocycles. The van der Waals surface area contributed by atoms with Crippen molar-refractivity contribution in [3.05, 3.63) is 35.4 Å². The highest BCUT2D eigenvalue weighted by molar-refractivity contribution is 5.85. The van der Waals surface area contributed by atoms with E-state index in [0.717, 1.165) is 12.1 Å². The fourth-order valence-corrected chi connectivity index (χ4v) is 1.73. The summed E-state index contributed by atoms with van der Waals surface area (Å²) in [5.41, 5.74) is 7.38. The number of benzene rings is 1. The highest BCUT2D eigenvalue weighted by Gasteiger charge is 2.06. The number of nitrogens with one attached hydrogen (secondary N) is 2. The molecular formula is C14H22N4O2. The van der Waals surface area contributed by atoms with Crippen LogP contribution in [0, 0.1) is 0 Å². The third kappa shape index (κ3) is 5.81. The molecule has 2 amide bonds. The average molecular weight is 278 g/mol. The van der Waals surface area contributed by atoms with Crippen LogP contribution in [0.3, 0.4) is 0 Å². The molecule has 0 bridgehead atoms. The van der Waals surface area contributed by atoms with Gasteiger partial charge in [0.1, 0.15) is 0 Å². The van der Waals surface area contributed by atoms with E-state index >= 15 is 0 Å². The van der Waals surface area contributed by atoms with Crippen LogP contribution >= 0.6 is 0 Å². The monoisotopic (exact) mass is 278 g/mol. The first-order chi connectivity index (χ1) is 9.52. The predicted octanol–water partition coefficient (Wildman–Crippen LogP) is -0.561. The molecule has 0 radical (unpaired) electrons. The number of carbonyl (C=O) groups is 2. The molecule has 0 heterocycles. The molecular weight excluding hydrogens is 256 g/mol. The van der Waals surface area contributed by atoms with Crippen LogP contribution < -0.4 is 16.4 Å². The molecule has 0 saturated heterocycles. The van der Waals surface area contributed by atoms with Crippen LogP contribution in [0.1, 0.15) is 11.1 Å². The molecule has 1 rings (SSSR count). The van der Waals surface area contributed by atoms with Crippen LogP contribution in [0.5, 0.6) is 0 Å². The number of nitrogens with zero attached hydrogens (tertiary/aromatic N) is 1. The highest BCUT2D eigenvalue weighted by atomic mass is 16.2. The molecule has 1 aromatic rings. The van der Waals surface area contributed by atoms with E-state index in [-0.39, 0.29) is 24.9 Å². The summed E-state index contributed by atoms with van der Waals surface area (Å²) in [4.78, 5) is 24.6. The standard InChI is InChI=1S/C14H22N4O2/c1-18(2)10-12-6-4-3-5-11(12)8-16-14(20)9-17-13(19)7-15/h3-6H,7-10,15H2,1-2H3,(H,16,20)(H,17,19). The van der Waals surface area contributed by atoms with Crippen molar-refractivity contribution in [2.24, 2.45) is 5.73 Å². The Morgan fingerprint density at radius 3 is 2.35 bits per heavy atom. The first kappa shape index (κ1) is 16.1. The second-order valence-corrected chi connectivity index (χ2v) is 4.76. The zero-order valence-corrected chi connectivity index (χ0v) is 12.0. The van der Waals surface area contributed by atoms with E-state index in [2.05, 4.69) is 15.5 Å². The van der Waals surface area contributed by atoms with Crippen LogP contribution in [0.4, 0.5) is 0 Å². The largest absolute Gasteiger partial charge is 0.350 e. The van der Waals surface area contributed by atoms with Gasteiger partial charge in [0.2, 0.25) is 11.8 Å². The second-order valence-electron chi connectivity index (χ2n) is 4.76. The van der Waals surface area contributed by atoms with Gasteiger partial charge in [0.15, 0.2) is 0 Å². The van der Waals surface area contributed by atoms with Gasteiger partial charge in [-0.3, -0.25) is 9.59 Å². The maximum atomic E-state index is 11.6. The van der Waals surface area contributed by atoms with Gasteiger partial charge in [-0.15, -0.1) is 0 Å². The number of carbonyl (C=O) groups excluding carboxylic acids is 2. The summed E-state index contributed by atoms with van der Waals surface area (Å²) < 4.78 is 0. The van der Waals surface area contributed by atoms with E-state index in [0.29, 0.717) is 6.54 Å². The van der Waals surface area contributed by atoms with Crippen molar-refractivity contribution < 1.29 is 9.59 Å². The van der Waals surface area contributed by atoms with E-state index in [1.807, 2.05) is 38.4 Å². The first-order valence-electron chi connectivity index (χ1n) is 6.48. The van der Waals surface area contributed by atoms with Crippen LogP contribution in [-0.4, -0.2) is 43.9 Å². The van der Waals surface area contributed by atoms with Crippen LogP contribution in [0.2, 0.25) is 0 Å². The quantitative estimate of drug-likeness (QED) is 0.624. The third-order valence-corrected chi connectivity index (χ3v) is 2.71. The summed E-state index contributed by atoms with van der Waals surface area (Å²) in [7, 11) is 4.00. The summed E-state index contributed by atoms with van der Waals surface area (Å²) in [6, 6.07) is 7.94. The maximum Gasteiger partial charge on any atom is 0.239 e. The molecule has 0 atom stereocenters. The van der Waals surface area contributed by atoms with Crippen molar-refractivity contribution in [1.82, 2.24) is 15.5 Å². The van der Waals surface area contributed by atoms with E-state index < -0.39 is 0 Å². The Bertz CT molecular complexity index is 460. The molecule has 6 heteroatoms. The number of hydrogen-bond donors (Lipinski definition) is 3. The van der Waals surface area contributed by atoms with Gasteiger partial charge in [-0.25, -0.2) is 0 Å². The minimum absolute atomic E-state index is 0.0497. The summed E-state index contributed by atoms with van der Waals surface area (Å²) in [6.07, 6.45) is 0. The van der Waals surface area contributed by atoms with Crippen LogP contribution in [-0.2, 0) is 22.7 Å². The lowest BCUT2D eigenvalue weighted by Crippen LogP contribution is -2.39. The normalized spacial score (nSPS) is 10.4. The lowest BCUT2D eigenvalue weighted by atomic mass is 10.1. The van der Waals surface area contributed by atoms with Gasteiger partial charge in [0, 0.05) is 13.1 Å². The maximum absolute atomic E-state index is 11.6. The van der Waals surface area contributed by atoms with Gasteiger partial charge in [-0.05, 0) is 25.2 Å². The van der Waals surface area contributed by atoms with Crippen molar-refractivity contribution in [1.29, 1.82) is 0 Å². The van der Waals surface area contributed by atoms with Gasteiger partial charge in [-0.2, -0.15) is 0 Å². The van der Waals surface area contributed by atoms with Gasteiger partial charge in [0.05, 0.1) is 13.1 Å². The fraction of sp³-hybridized carbons (Fsp3) is 0.429. The minimum Gasteiger partial charge on any atom is -0.350 e. The Kier molecular flexibility index (Phi) is 6.69. The smallest absolute Gasteiger partial charge is 0.239 e. The zero-order valence-electron chi connectivity index (χ0n) is 12.0. The molecule has 0 aliphatic rings. The summed E-state index contributed by atoms with van der Waals surface area (Å²) in [5, 5.41) is 5.21. The number of nitrogens with two attached hydrogens (primary N) is 1. The van der Waals surface area contributed by atoms with E-state index in [1.165, 1.54) is 5.56 Å². The molecule has 0 fully saturated rings. The summed E-state index contributed by atoms with van der Waals surface area (Å²) >= 11 is 0. The van der Waals surface area contributed by atoms with Gasteiger partial charge >= 0.3 is 0 Å². The van der Waals surface area contributed by atoms with E-state index in [1.54, 1.807) is 0 Å². The summed E-state index contributed by atoms with van der Waals surface area (Å²) in [6.45, 7) is 1.10. The molecule has 110 valence electrons. The number of hydrogen-bond acceptors (Lipinski definition) is 4.